The van der Waals surface area contributed by atoms with Crippen LogP contribution in [0.2, 0.25) is 5.02 Å². The molecule has 8 heteroatoms. The number of anilines is 1. The maximum atomic E-state index is 12.3. The molecule has 0 atom stereocenters. The van der Waals surface area contributed by atoms with Gasteiger partial charge in [-0.1, -0.05) is 47.0 Å². The number of ether oxygens (including phenoxy) is 1. The smallest absolute Gasteiger partial charge is 0.261 e. The minimum Gasteiger partial charge on any atom is -0.488 e. The van der Waals surface area contributed by atoms with E-state index in [4.69, 9.17) is 16.3 Å². The molecule has 1 aromatic heterocycles. The van der Waals surface area contributed by atoms with E-state index in [1.807, 2.05) is 30.3 Å². The lowest BCUT2D eigenvalue weighted by molar-refractivity contribution is 0.102. The van der Waals surface area contributed by atoms with Gasteiger partial charge in [0.1, 0.15) is 12.4 Å². The Hall–Kier alpha value is -2.93. The van der Waals surface area contributed by atoms with Crippen molar-refractivity contribution in [1.29, 1.82) is 0 Å². The molecule has 23 heavy (non-hydrogen) atoms. The highest BCUT2D eigenvalue weighted by atomic mass is 35.5. The SMILES string of the molecule is O=C(Nc1nnn[nH]1)c1cc(Cl)ccc1OCc1ccccc1. The van der Waals surface area contributed by atoms with Crippen LogP contribution in [0.3, 0.4) is 0 Å². The van der Waals surface area contributed by atoms with Gasteiger partial charge in [-0.2, -0.15) is 0 Å². The van der Waals surface area contributed by atoms with Gasteiger partial charge in [-0.3, -0.25) is 10.1 Å². The van der Waals surface area contributed by atoms with E-state index in [0.717, 1.165) is 5.56 Å². The number of tetrazole rings is 1. The average Bonchev–Trinajstić information content (AvgIpc) is 3.07. The molecule has 2 aromatic carbocycles. The van der Waals surface area contributed by atoms with Crippen molar-refractivity contribution < 1.29 is 9.53 Å². The van der Waals surface area contributed by atoms with Crippen molar-refractivity contribution in [3.8, 4) is 5.75 Å². The second-order valence-electron chi connectivity index (χ2n) is 4.62. The minimum absolute atomic E-state index is 0.143. The van der Waals surface area contributed by atoms with Gasteiger partial charge in [-0.15, -0.1) is 0 Å². The van der Waals surface area contributed by atoms with E-state index in [9.17, 15) is 4.79 Å². The molecule has 2 N–H and O–H groups in total. The summed E-state index contributed by atoms with van der Waals surface area (Å²) >= 11 is 5.98. The number of nitrogens with one attached hydrogen (secondary N) is 2. The fourth-order valence-electron chi connectivity index (χ4n) is 1.93. The van der Waals surface area contributed by atoms with E-state index in [-0.39, 0.29) is 5.95 Å². The molecule has 0 aliphatic rings. The number of nitrogens with zero attached hydrogens (tertiary/aromatic N) is 3. The Balaban J connectivity index is 1.78. The largest absolute Gasteiger partial charge is 0.488 e. The summed E-state index contributed by atoms with van der Waals surface area (Å²) in [6.07, 6.45) is 0. The van der Waals surface area contributed by atoms with Crippen LogP contribution in [-0.2, 0) is 6.61 Å². The molecule has 7 nitrogen and oxygen atoms in total. The number of hydrogen-bond donors (Lipinski definition) is 2. The first-order valence-electron chi connectivity index (χ1n) is 6.74. The first kappa shape index (κ1) is 15.0. The molecule has 0 spiro atoms. The second-order valence-corrected chi connectivity index (χ2v) is 5.06. The van der Waals surface area contributed by atoms with Crippen LogP contribution in [0.15, 0.2) is 48.5 Å². The van der Waals surface area contributed by atoms with Gasteiger partial charge < -0.3 is 4.74 Å². The van der Waals surface area contributed by atoms with Crippen molar-refractivity contribution in [3.63, 3.8) is 0 Å². The van der Waals surface area contributed by atoms with Crippen molar-refractivity contribution in [2.24, 2.45) is 0 Å². The van der Waals surface area contributed by atoms with Gasteiger partial charge in [0.05, 0.1) is 5.56 Å². The lowest BCUT2D eigenvalue weighted by Crippen LogP contribution is -2.14. The number of aromatic nitrogens is 4. The third-order valence-corrected chi connectivity index (χ3v) is 3.24. The zero-order valence-electron chi connectivity index (χ0n) is 11.9. The van der Waals surface area contributed by atoms with E-state index in [2.05, 4.69) is 25.9 Å². The molecule has 1 heterocycles. The topological polar surface area (TPSA) is 92.8 Å². The highest BCUT2D eigenvalue weighted by Crippen LogP contribution is 2.24. The number of amides is 1. The monoisotopic (exact) mass is 329 g/mol. The van der Waals surface area contributed by atoms with Crippen LogP contribution < -0.4 is 10.1 Å². The summed E-state index contributed by atoms with van der Waals surface area (Å²) in [6.45, 7) is 0.340. The molecule has 116 valence electrons. The van der Waals surface area contributed by atoms with Gasteiger partial charge in [0.15, 0.2) is 0 Å². The maximum absolute atomic E-state index is 12.3. The van der Waals surface area contributed by atoms with Crippen molar-refractivity contribution >= 4 is 23.5 Å². The summed E-state index contributed by atoms with van der Waals surface area (Å²) < 4.78 is 5.74. The Kier molecular flexibility index (Phi) is 4.49. The fourth-order valence-corrected chi connectivity index (χ4v) is 2.10. The van der Waals surface area contributed by atoms with Crippen molar-refractivity contribution in [2.75, 3.05) is 5.32 Å². The molecule has 0 saturated carbocycles. The predicted octanol–water partition coefficient (Wildman–Crippen LogP) is 2.68. The molecular weight excluding hydrogens is 318 g/mol. The van der Waals surface area contributed by atoms with Crippen LogP contribution in [0.1, 0.15) is 15.9 Å². The Morgan fingerprint density at radius 2 is 2.04 bits per heavy atom. The third-order valence-electron chi connectivity index (χ3n) is 3.00. The maximum Gasteiger partial charge on any atom is 0.261 e. The summed E-state index contributed by atoms with van der Waals surface area (Å²) in [5.74, 6) is 0.140. The number of halogens is 1. The van der Waals surface area contributed by atoms with E-state index in [1.165, 1.54) is 6.07 Å². The van der Waals surface area contributed by atoms with Crippen molar-refractivity contribution in [3.05, 3.63) is 64.7 Å². The molecule has 0 fully saturated rings. The van der Waals surface area contributed by atoms with Gasteiger partial charge in [0.25, 0.3) is 5.91 Å². The Morgan fingerprint density at radius 1 is 1.22 bits per heavy atom. The van der Waals surface area contributed by atoms with Crippen molar-refractivity contribution in [2.45, 2.75) is 6.61 Å². The van der Waals surface area contributed by atoms with E-state index < -0.39 is 5.91 Å². The number of rotatable bonds is 5. The van der Waals surface area contributed by atoms with Crippen molar-refractivity contribution in [1.82, 2.24) is 20.6 Å². The normalized spacial score (nSPS) is 10.3. The first-order chi connectivity index (χ1) is 11.2. The number of benzene rings is 2. The summed E-state index contributed by atoms with van der Waals surface area (Å²) in [5.41, 5.74) is 1.29. The number of H-pyrrole nitrogens is 1. The standard InChI is InChI=1S/C15H12ClN5O2/c16-11-6-7-13(23-9-10-4-2-1-3-5-10)12(8-11)14(22)17-15-18-20-21-19-15/h1-8H,9H2,(H2,17,18,19,20,21,22). The highest BCUT2D eigenvalue weighted by Gasteiger charge is 2.15. The van der Waals surface area contributed by atoms with Gasteiger partial charge in [-0.05, 0) is 34.2 Å². The van der Waals surface area contributed by atoms with Crippen LogP contribution in [-0.4, -0.2) is 26.5 Å². The fraction of sp³-hybridized carbons (Fsp3) is 0.0667. The number of hydrogen-bond acceptors (Lipinski definition) is 5. The lowest BCUT2D eigenvalue weighted by atomic mass is 10.2. The molecule has 0 aliphatic heterocycles. The average molecular weight is 330 g/mol. The third kappa shape index (κ3) is 3.83. The summed E-state index contributed by atoms with van der Waals surface area (Å²) in [5, 5.41) is 15.8. The first-order valence-corrected chi connectivity index (χ1v) is 7.11. The number of aromatic amines is 1. The van der Waals surface area contributed by atoms with Gasteiger partial charge in [0, 0.05) is 5.02 Å². The van der Waals surface area contributed by atoms with E-state index in [0.29, 0.717) is 22.9 Å². The molecule has 0 aliphatic carbocycles. The molecule has 3 rings (SSSR count). The van der Waals surface area contributed by atoms with Crippen LogP contribution in [0.5, 0.6) is 5.75 Å². The zero-order chi connectivity index (χ0) is 16.1. The molecule has 0 unspecified atom stereocenters. The quantitative estimate of drug-likeness (QED) is 0.750. The van der Waals surface area contributed by atoms with Crippen LogP contribution >= 0.6 is 11.6 Å². The summed E-state index contributed by atoms with van der Waals surface area (Å²) in [4.78, 5) is 12.3. The number of carbonyl (C=O) groups excluding carboxylic acids is 1. The number of carbonyl (C=O) groups is 1. The van der Waals surface area contributed by atoms with Crippen LogP contribution in [0.25, 0.3) is 0 Å². The van der Waals surface area contributed by atoms with Crippen LogP contribution in [0.4, 0.5) is 5.95 Å². The zero-order valence-corrected chi connectivity index (χ0v) is 12.6. The van der Waals surface area contributed by atoms with E-state index in [1.54, 1.807) is 12.1 Å². The van der Waals surface area contributed by atoms with Gasteiger partial charge >= 0.3 is 0 Å². The molecule has 0 saturated heterocycles. The molecule has 3 aromatic rings. The predicted molar refractivity (Wildman–Crippen MR) is 84.4 cm³/mol. The summed E-state index contributed by atoms with van der Waals surface area (Å²) in [7, 11) is 0. The summed E-state index contributed by atoms with van der Waals surface area (Å²) in [6, 6.07) is 14.5. The Bertz CT molecular complexity index is 793. The molecular formula is C15H12ClN5O2. The Labute approximate surface area is 136 Å². The molecule has 0 bridgehead atoms. The minimum atomic E-state index is -0.422. The highest BCUT2D eigenvalue weighted by molar-refractivity contribution is 6.31. The Morgan fingerprint density at radius 3 is 2.78 bits per heavy atom. The van der Waals surface area contributed by atoms with E-state index >= 15 is 0 Å². The second kappa shape index (κ2) is 6.89. The van der Waals surface area contributed by atoms with Crippen LogP contribution in [0, 0.1) is 0 Å². The molecule has 0 radical (unpaired) electrons. The van der Waals surface area contributed by atoms with Gasteiger partial charge in [-0.25, -0.2) is 5.10 Å². The molecule has 1 amide bonds. The lowest BCUT2D eigenvalue weighted by Gasteiger charge is -2.11. The van der Waals surface area contributed by atoms with Gasteiger partial charge in [0.2, 0.25) is 5.95 Å².